The van der Waals surface area contributed by atoms with Crippen molar-refractivity contribution in [2.75, 3.05) is 19.8 Å². The van der Waals surface area contributed by atoms with Crippen molar-refractivity contribution in [2.24, 2.45) is 0 Å². The summed E-state index contributed by atoms with van der Waals surface area (Å²) in [5.74, 6) is -0.823. The third-order valence-corrected chi connectivity index (χ3v) is 4.11. The second-order valence-electron chi connectivity index (χ2n) is 5.96. The molecule has 0 aliphatic carbocycles. The quantitative estimate of drug-likeness (QED) is 0.822. The average molecular weight is 339 g/mol. The molecule has 0 radical (unpaired) electrons. The highest BCUT2D eigenvalue weighted by Gasteiger charge is 2.17. The van der Waals surface area contributed by atoms with Crippen LogP contribution in [0.1, 0.15) is 23.2 Å². The molecular formula is C20H21NO4. The van der Waals surface area contributed by atoms with E-state index in [9.17, 15) is 9.59 Å². The molecule has 5 nitrogen and oxygen atoms in total. The summed E-state index contributed by atoms with van der Waals surface area (Å²) in [6.45, 7) is 0.919. The van der Waals surface area contributed by atoms with Gasteiger partial charge in [-0.2, -0.15) is 0 Å². The second-order valence-corrected chi connectivity index (χ2v) is 5.96. The number of rotatable bonds is 6. The number of nitrogens with one attached hydrogen (secondary N) is 1. The van der Waals surface area contributed by atoms with Gasteiger partial charge in [-0.15, -0.1) is 0 Å². The Morgan fingerprint density at radius 3 is 2.44 bits per heavy atom. The predicted octanol–water partition coefficient (Wildman–Crippen LogP) is 2.81. The molecule has 0 bridgehead atoms. The van der Waals surface area contributed by atoms with E-state index in [0.717, 1.165) is 30.6 Å². The first-order chi connectivity index (χ1) is 12.2. The van der Waals surface area contributed by atoms with E-state index in [1.54, 1.807) is 12.1 Å². The molecular weight excluding hydrogens is 318 g/mol. The Bertz CT molecular complexity index is 706. The van der Waals surface area contributed by atoms with E-state index in [2.05, 4.69) is 5.32 Å². The summed E-state index contributed by atoms with van der Waals surface area (Å²) in [5, 5.41) is 2.72. The zero-order valence-electron chi connectivity index (χ0n) is 13.9. The number of amides is 1. The molecule has 0 spiro atoms. The monoisotopic (exact) mass is 339 g/mol. The van der Waals surface area contributed by atoms with Crippen LogP contribution < -0.4 is 5.32 Å². The summed E-state index contributed by atoms with van der Waals surface area (Å²) < 4.78 is 10.5. The van der Waals surface area contributed by atoms with Crippen molar-refractivity contribution in [2.45, 2.75) is 18.9 Å². The van der Waals surface area contributed by atoms with Gasteiger partial charge in [0.05, 0.1) is 11.7 Å². The van der Waals surface area contributed by atoms with Crippen LogP contribution in [0.25, 0.3) is 11.1 Å². The van der Waals surface area contributed by atoms with Gasteiger partial charge >= 0.3 is 5.97 Å². The summed E-state index contributed by atoms with van der Waals surface area (Å²) in [7, 11) is 0. The van der Waals surface area contributed by atoms with Crippen LogP contribution >= 0.6 is 0 Å². The van der Waals surface area contributed by atoms with E-state index < -0.39 is 5.97 Å². The molecule has 1 saturated heterocycles. The van der Waals surface area contributed by atoms with Crippen LogP contribution in [0.2, 0.25) is 0 Å². The van der Waals surface area contributed by atoms with Crippen molar-refractivity contribution in [1.29, 1.82) is 0 Å². The first kappa shape index (κ1) is 17.2. The molecule has 1 atom stereocenters. The molecule has 25 heavy (non-hydrogen) atoms. The molecule has 3 rings (SSSR count). The van der Waals surface area contributed by atoms with Gasteiger partial charge in [0.2, 0.25) is 0 Å². The number of benzene rings is 2. The van der Waals surface area contributed by atoms with E-state index in [1.165, 1.54) is 0 Å². The maximum Gasteiger partial charge on any atom is 0.338 e. The predicted molar refractivity (Wildman–Crippen MR) is 94.1 cm³/mol. The number of carbonyl (C=O) groups excluding carboxylic acids is 2. The summed E-state index contributed by atoms with van der Waals surface area (Å²) >= 11 is 0. The van der Waals surface area contributed by atoms with Crippen LogP contribution in [0.5, 0.6) is 0 Å². The molecule has 1 heterocycles. The van der Waals surface area contributed by atoms with Crippen LogP contribution in [0, 0.1) is 0 Å². The zero-order valence-corrected chi connectivity index (χ0v) is 13.9. The smallest absolute Gasteiger partial charge is 0.338 e. The fourth-order valence-electron chi connectivity index (χ4n) is 2.73. The van der Waals surface area contributed by atoms with Gasteiger partial charge in [0.1, 0.15) is 0 Å². The fourth-order valence-corrected chi connectivity index (χ4v) is 2.73. The first-order valence-corrected chi connectivity index (χ1v) is 8.43. The number of hydrogen-bond acceptors (Lipinski definition) is 4. The molecule has 5 heteroatoms. The second kappa shape index (κ2) is 8.44. The average Bonchev–Trinajstić information content (AvgIpc) is 3.19. The fraction of sp³-hybridized carbons (Fsp3) is 0.300. The third kappa shape index (κ3) is 4.90. The topological polar surface area (TPSA) is 64.6 Å². The van der Waals surface area contributed by atoms with Crippen LogP contribution in [-0.4, -0.2) is 37.7 Å². The Balaban J connectivity index is 1.47. The maximum absolute atomic E-state index is 12.0. The van der Waals surface area contributed by atoms with Crippen LogP contribution in [0.4, 0.5) is 0 Å². The van der Waals surface area contributed by atoms with Crippen molar-refractivity contribution in [1.82, 2.24) is 5.32 Å². The highest BCUT2D eigenvalue weighted by Crippen LogP contribution is 2.19. The van der Waals surface area contributed by atoms with Crippen molar-refractivity contribution in [3.05, 3.63) is 60.2 Å². The molecule has 1 unspecified atom stereocenters. The lowest BCUT2D eigenvalue weighted by atomic mass is 10.0. The van der Waals surface area contributed by atoms with Crippen molar-refractivity contribution in [3.63, 3.8) is 0 Å². The van der Waals surface area contributed by atoms with Gasteiger partial charge in [-0.3, -0.25) is 4.79 Å². The zero-order chi connectivity index (χ0) is 17.5. The standard InChI is InChI=1S/C20H21NO4/c22-19(21-13-18-7-4-12-24-18)14-25-20(23)17-10-8-16(9-11-17)15-5-2-1-3-6-15/h1-3,5-6,8-11,18H,4,7,12-14H2,(H,21,22). The Labute approximate surface area is 147 Å². The first-order valence-electron chi connectivity index (χ1n) is 8.43. The lowest BCUT2D eigenvalue weighted by Crippen LogP contribution is -2.34. The minimum absolute atomic E-state index is 0.0742. The molecule has 1 N–H and O–H groups in total. The molecule has 130 valence electrons. The van der Waals surface area contributed by atoms with Crippen LogP contribution in [-0.2, 0) is 14.3 Å². The third-order valence-electron chi connectivity index (χ3n) is 4.11. The lowest BCUT2D eigenvalue weighted by molar-refractivity contribution is -0.124. The summed E-state index contributed by atoms with van der Waals surface area (Å²) in [5.41, 5.74) is 2.52. The van der Waals surface area contributed by atoms with E-state index >= 15 is 0 Å². The molecule has 1 fully saturated rings. The van der Waals surface area contributed by atoms with E-state index in [0.29, 0.717) is 12.1 Å². The van der Waals surface area contributed by atoms with Gasteiger partial charge < -0.3 is 14.8 Å². The van der Waals surface area contributed by atoms with E-state index in [-0.39, 0.29) is 18.6 Å². The number of esters is 1. The molecule has 0 aromatic heterocycles. The van der Waals surface area contributed by atoms with Gasteiger partial charge in [0, 0.05) is 13.2 Å². The largest absolute Gasteiger partial charge is 0.452 e. The van der Waals surface area contributed by atoms with Crippen molar-refractivity contribution < 1.29 is 19.1 Å². The molecule has 0 saturated carbocycles. The van der Waals surface area contributed by atoms with Gasteiger partial charge in [-0.1, -0.05) is 42.5 Å². The van der Waals surface area contributed by atoms with Gasteiger partial charge in [-0.05, 0) is 36.1 Å². The Kier molecular flexibility index (Phi) is 5.80. The molecule has 2 aromatic carbocycles. The summed E-state index contributed by atoms with van der Waals surface area (Å²) in [6, 6.07) is 17.0. The lowest BCUT2D eigenvalue weighted by Gasteiger charge is -2.11. The minimum Gasteiger partial charge on any atom is -0.452 e. The number of ether oxygens (including phenoxy) is 2. The molecule has 1 amide bonds. The summed E-state index contributed by atoms with van der Waals surface area (Å²) in [6.07, 6.45) is 2.05. The molecule has 1 aliphatic rings. The number of hydrogen-bond donors (Lipinski definition) is 1. The molecule has 1 aliphatic heterocycles. The van der Waals surface area contributed by atoms with E-state index in [1.807, 2.05) is 42.5 Å². The van der Waals surface area contributed by atoms with Crippen molar-refractivity contribution >= 4 is 11.9 Å². The normalized spacial score (nSPS) is 16.4. The van der Waals surface area contributed by atoms with Gasteiger partial charge in [-0.25, -0.2) is 4.79 Å². The van der Waals surface area contributed by atoms with Crippen LogP contribution in [0.3, 0.4) is 0 Å². The number of carbonyl (C=O) groups is 2. The Morgan fingerprint density at radius 2 is 1.76 bits per heavy atom. The highest BCUT2D eigenvalue weighted by atomic mass is 16.5. The Morgan fingerprint density at radius 1 is 1.04 bits per heavy atom. The minimum atomic E-state index is -0.508. The SMILES string of the molecule is O=C(COC(=O)c1ccc(-c2ccccc2)cc1)NCC1CCCO1. The van der Waals surface area contributed by atoms with Gasteiger partial charge in [0.15, 0.2) is 6.61 Å². The van der Waals surface area contributed by atoms with Crippen LogP contribution in [0.15, 0.2) is 54.6 Å². The Hall–Kier alpha value is -2.66. The summed E-state index contributed by atoms with van der Waals surface area (Å²) in [4.78, 5) is 23.8. The molecule has 2 aromatic rings. The van der Waals surface area contributed by atoms with Crippen molar-refractivity contribution in [3.8, 4) is 11.1 Å². The van der Waals surface area contributed by atoms with E-state index in [4.69, 9.17) is 9.47 Å². The maximum atomic E-state index is 12.0. The van der Waals surface area contributed by atoms with Gasteiger partial charge in [0.25, 0.3) is 5.91 Å². The highest BCUT2D eigenvalue weighted by molar-refractivity contribution is 5.91.